The van der Waals surface area contributed by atoms with Crippen LogP contribution in [0.1, 0.15) is 49.9 Å². The van der Waals surface area contributed by atoms with Crippen molar-refractivity contribution in [3.8, 4) is 0 Å². The molecule has 1 N–H and O–H groups in total. The van der Waals surface area contributed by atoms with Crippen molar-refractivity contribution >= 4 is 33.4 Å². The molecule has 7 nitrogen and oxygen atoms in total. The van der Waals surface area contributed by atoms with E-state index in [0.717, 1.165) is 40.1 Å². The van der Waals surface area contributed by atoms with E-state index in [4.69, 9.17) is 4.42 Å². The second kappa shape index (κ2) is 8.27. The monoisotopic (exact) mass is 448 g/mol. The zero-order valence-corrected chi connectivity index (χ0v) is 18.8. The van der Waals surface area contributed by atoms with Crippen LogP contribution in [0.4, 0.5) is 0 Å². The van der Waals surface area contributed by atoms with Gasteiger partial charge in [-0.25, -0.2) is 0 Å². The molecule has 0 atom stereocenters. The first-order valence-corrected chi connectivity index (χ1v) is 11.4. The summed E-state index contributed by atoms with van der Waals surface area (Å²) in [5.41, 5.74) is 2.50. The molecule has 1 fully saturated rings. The van der Waals surface area contributed by atoms with Crippen molar-refractivity contribution in [3.63, 3.8) is 0 Å². The Hall–Kier alpha value is -3.39. The highest BCUT2D eigenvalue weighted by molar-refractivity contribution is 7.20. The minimum atomic E-state index is -0.0578. The lowest BCUT2D eigenvalue weighted by Crippen LogP contribution is -2.29. The number of carbonyl (C=O) groups is 2. The van der Waals surface area contributed by atoms with E-state index in [9.17, 15) is 9.59 Å². The van der Waals surface area contributed by atoms with Gasteiger partial charge in [0.25, 0.3) is 11.8 Å². The summed E-state index contributed by atoms with van der Waals surface area (Å²) in [6.07, 6.45) is 3.72. The molecule has 3 aromatic heterocycles. The molecule has 1 aliphatic rings. The van der Waals surface area contributed by atoms with Gasteiger partial charge in [-0.05, 0) is 55.7 Å². The van der Waals surface area contributed by atoms with Gasteiger partial charge in [0.1, 0.15) is 10.6 Å². The molecule has 3 heterocycles. The molecule has 0 spiro atoms. The number of thiophene rings is 1. The van der Waals surface area contributed by atoms with Crippen molar-refractivity contribution in [3.05, 3.63) is 76.2 Å². The maximum Gasteiger partial charge on any atom is 0.264 e. The minimum absolute atomic E-state index is 0.0446. The van der Waals surface area contributed by atoms with E-state index in [-0.39, 0.29) is 11.8 Å². The molecule has 164 valence electrons. The lowest BCUT2D eigenvalue weighted by Gasteiger charge is -2.21. The summed E-state index contributed by atoms with van der Waals surface area (Å²) in [6, 6.07) is 13.4. The Morgan fingerprint density at radius 1 is 1.22 bits per heavy atom. The largest absolute Gasteiger partial charge is 0.467 e. The number of nitrogens with zero attached hydrogens (tertiary/aromatic N) is 3. The molecule has 1 aromatic carbocycles. The summed E-state index contributed by atoms with van der Waals surface area (Å²) in [7, 11) is 1.89. The van der Waals surface area contributed by atoms with Crippen LogP contribution in [0.2, 0.25) is 0 Å². The van der Waals surface area contributed by atoms with E-state index in [1.54, 1.807) is 11.2 Å². The molecule has 0 bridgehead atoms. The molecule has 5 rings (SSSR count). The Bertz CT molecular complexity index is 1230. The van der Waals surface area contributed by atoms with E-state index in [1.807, 2.05) is 61.1 Å². The zero-order valence-electron chi connectivity index (χ0n) is 18.0. The summed E-state index contributed by atoms with van der Waals surface area (Å²) >= 11 is 1.45. The van der Waals surface area contributed by atoms with Crippen LogP contribution in [-0.2, 0) is 20.1 Å². The van der Waals surface area contributed by atoms with E-state index in [1.165, 1.54) is 11.3 Å². The van der Waals surface area contributed by atoms with Gasteiger partial charge in [0.15, 0.2) is 0 Å². The average Bonchev–Trinajstić information content (AvgIpc) is 3.17. The first kappa shape index (κ1) is 20.5. The number of benzene rings is 1. The summed E-state index contributed by atoms with van der Waals surface area (Å²) in [5, 5.41) is 8.42. The topological polar surface area (TPSA) is 80.4 Å². The third-order valence-electron chi connectivity index (χ3n) is 5.62. The second-order valence-corrected chi connectivity index (χ2v) is 9.25. The Morgan fingerprint density at radius 2 is 2.00 bits per heavy atom. The standard InChI is InChI=1S/C24H24N4O3S/c1-15-20-12-21(32-24(20)27(2)26-15)23(30)28(14-19-4-3-11-31-19)13-16-5-7-17(8-6-16)22(29)25-18-9-10-18/h3-8,11-12,18H,9-10,13-14H2,1-2H3,(H,25,29). The van der Waals surface area contributed by atoms with Gasteiger partial charge >= 0.3 is 0 Å². The van der Waals surface area contributed by atoms with Crippen molar-refractivity contribution < 1.29 is 14.0 Å². The minimum Gasteiger partial charge on any atom is -0.467 e. The van der Waals surface area contributed by atoms with Crippen molar-refractivity contribution in [2.45, 2.75) is 38.9 Å². The highest BCUT2D eigenvalue weighted by Crippen LogP contribution is 2.29. The number of furan rings is 1. The maximum absolute atomic E-state index is 13.5. The van der Waals surface area contributed by atoms with Gasteiger partial charge in [0.05, 0.1) is 23.4 Å². The van der Waals surface area contributed by atoms with Crippen LogP contribution < -0.4 is 5.32 Å². The van der Waals surface area contributed by atoms with Crippen LogP contribution in [-0.4, -0.2) is 32.5 Å². The number of fused-ring (bicyclic) bond motifs is 1. The molecule has 1 saturated carbocycles. The van der Waals surface area contributed by atoms with Crippen LogP contribution in [0.15, 0.2) is 53.1 Å². The van der Waals surface area contributed by atoms with E-state index < -0.39 is 0 Å². The number of carbonyl (C=O) groups excluding carboxylic acids is 2. The first-order valence-electron chi connectivity index (χ1n) is 10.6. The Morgan fingerprint density at radius 3 is 2.66 bits per heavy atom. The smallest absolute Gasteiger partial charge is 0.264 e. The molecule has 1 aliphatic carbocycles. The highest BCUT2D eigenvalue weighted by atomic mass is 32.1. The predicted molar refractivity (Wildman–Crippen MR) is 123 cm³/mol. The molecule has 4 aromatic rings. The van der Waals surface area contributed by atoms with Gasteiger partial charge in [0, 0.05) is 30.6 Å². The third-order valence-corrected chi connectivity index (χ3v) is 6.81. The SMILES string of the molecule is Cc1nn(C)c2sc(C(=O)N(Cc3ccc(C(=O)NC4CC4)cc3)Cc3ccco3)cc12. The zero-order chi connectivity index (χ0) is 22.2. The second-order valence-electron chi connectivity index (χ2n) is 8.22. The van der Waals surface area contributed by atoms with Gasteiger partial charge in [-0.2, -0.15) is 5.10 Å². The summed E-state index contributed by atoms with van der Waals surface area (Å²) in [6.45, 7) is 2.72. The van der Waals surface area contributed by atoms with Crippen LogP contribution in [0.25, 0.3) is 10.2 Å². The molecule has 0 unspecified atom stereocenters. The quantitative estimate of drug-likeness (QED) is 0.458. The van der Waals surface area contributed by atoms with Crippen LogP contribution in [0.3, 0.4) is 0 Å². The first-order chi connectivity index (χ1) is 15.5. The number of hydrogen-bond acceptors (Lipinski definition) is 5. The van der Waals surface area contributed by atoms with Crippen molar-refractivity contribution in [2.24, 2.45) is 7.05 Å². The van der Waals surface area contributed by atoms with Gasteiger partial charge in [-0.3, -0.25) is 14.3 Å². The third kappa shape index (κ3) is 4.18. The maximum atomic E-state index is 13.5. The molecule has 0 aliphatic heterocycles. The van der Waals surface area contributed by atoms with Crippen LogP contribution in [0.5, 0.6) is 0 Å². The molecule has 0 radical (unpaired) electrons. The molecule has 0 saturated heterocycles. The fraction of sp³-hybridized carbons (Fsp3) is 0.292. The number of nitrogens with one attached hydrogen (secondary N) is 1. The Balaban J connectivity index is 1.38. The average molecular weight is 449 g/mol. The number of rotatable bonds is 7. The molecule has 8 heteroatoms. The highest BCUT2D eigenvalue weighted by Gasteiger charge is 2.24. The number of amides is 2. The van der Waals surface area contributed by atoms with Crippen molar-refractivity contribution in [2.75, 3.05) is 0 Å². The fourth-order valence-corrected chi connectivity index (χ4v) is 4.83. The van der Waals surface area contributed by atoms with E-state index >= 15 is 0 Å². The lowest BCUT2D eigenvalue weighted by atomic mass is 10.1. The predicted octanol–water partition coefficient (Wildman–Crippen LogP) is 4.27. The van der Waals surface area contributed by atoms with E-state index in [0.29, 0.717) is 29.6 Å². The van der Waals surface area contributed by atoms with Crippen LogP contribution in [0, 0.1) is 6.92 Å². The number of aryl methyl sites for hydroxylation is 2. The van der Waals surface area contributed by atoms with Crippen molar-refractivity contribution in [1.82, 2.24) is 20.0 Å². The van der Waals surface area contributed by atoms with Crippen LogP contribution >= 0.6 is 11.3 Å². The number of hydrogen-bond donors (Lipinski definition) is 1. The Kier molecular flexibility index (Phi) is 5.30. The summed E-state index contributed by atoms with van der Waals surface area (Å²) in [5.74, 6) is 0.618. The van der Waals surface area contributed by atoms with Gasteiger partial charge < -0.3 is 14.6 Å². The number of aromatic nitrogens is 2. The van der Waals surface area contributed by atoms with Gasteiger partial charge in [-0.15, -0.1) is 11.3 Å². The molecular weight excluding hydrogens is 424 g/mol. The van der Waals surface area contributed by atoms with Crippen molar-refractivity contribution in [1.29, 1.82) is 0 Å². The summed E-state index contributed by atoms with van der Waals surface area (Å²) in [4.78, 5) is 29.1. The Labute approximate surface area is 189 Å². The fourth-order valence-electron chi connectivity index (χ4n) is 3.73. The summed E-state index contributed by atoms with van der Waals surface area (Å²) < 4.78 is 7.32. The molecule has 2 amide bonds. The normalized spacial score (nSPS) is 13.4. The molecule has 32 heavy (non-hydrogen) atoms. The van der Waals surface area contributed by atoms with Gasteiger partial charge in [0.2, 0.25) is 0 Å². The molecular formula is C24H24N4O3S. The van der Waals surface area contributed by atoms with E-state index in [2.05, 4.69) is 10.4 Å². The lowest BCUT2D eigenvalue weighted by molar-refractivity contribution is 0.0722. The van der Waals surface area contributed by atoms with Gasteiger partial charge in [-0.1, -0.05) is 12.1 Å².